The minimum atomic E-state index is -4.44. The fraction of sp³-hybridized carbons (Fsp3) is 0.526. The van der Waals surface area contributed by atoms with Crippen molar-refractivity contribution >= 4 is 33.7 Å². The molecule has 0 bridgehead atoms. The summed E-state index contributed by atoms with van der Waals surface area (Å²) in [5, 5.41) is 11.4. The number of anilines is 2. The lowest BCUT2D eigenvalue weighted by Crippen LogP contribution is -2.27. The van der Waals surface area contributed by atoms with E-state index in [0.29, 0.717) is 12.0 Å². The van der Waals surface area contributed by atoms with Crippen LogP contribution in [0.15, 0.2) is 35.5 Å². The number of hydrogen-bond acceptors (Lipinski definition) is 8. The van der Waals surface area contributed by atoms with Gasteiger partial charge in [-0.3, -0.25) is 4.72 Å². The molecule has 0 aliphatic carbocycles. The van der Waals surface area contributed by atoms with Gasteiger partial charge in [-0.25, -0.2) is 8.42 Å². The highest BCUT2D eigenvalue weighted by atomic mass is 32.2. The van der Waals surface area contributed by atoms with Gasteiger partial charge >= 0.3 is 6.18 Å². The van der Waals surface area contributed by atoms with Crippen molar-refractivity contribution in [3.8, 4) is 0 Å². The number of aliphatic hydroxyl groups is 1. The molecule has 2 atom stereocenters. The van der Waals surface area contributed by atoms with Gasteiger partial charge in [0, 0.05) is 5.25 Å². The molecule has 13 heteroatoms. The fourth-order valence-electron chi connectivity index (χ4n) is 2.85. The van der Waals surface area contributed by atoms with E-state index in [0.717, 1.165) is 18.0 Å². The molecule has 2 aromatic rings. The van der Waals surface area contributed by atoms with E-state index in [4.69, 9.17) is 0 Å². The van der Waals surface area contributed by atoms with Gasteiger partial charge in [-0.05, 0) is 17.9 Å². The van der Waals surface area contributed by atoms with Crippen molar-refractivity contribution < 1.29 is 26.7 Å². The van der Waals surface area contributed by atoms with Crippen LogP contribution in [-0.2, 0) is 10.0 Å². The Hall–Kier alpha value is -2.12. The fourth-order valence-corrected chi connectivity index (χ4v) is 4.37. The summed E-state index contributed by atoms with van der Waals surface area (Å²) in [4.78, 5) is 12.2. The molecule has 0 fully saturated rings. The summed E-state index contributed by atoms with van der Waals surface area (Å²) in [7, 11) is -3.74. The van der Waals surface area contributed by atoms with E-state index >= 15 is 0 Å². The maximum Gasteiger partial charge on any atom is 0.390 e. The smallest absolute Gasteiger partial charge is 0.390 e. The molecule has 32 heavy (non-hydrogen) atoms. The van der Waals surface area contributed by atoms with Crippen molar-refractivity contribution in [2.75, 3.05) is 22.9 Å². The quantitative estimate of drug-likeness (QED) is 0.404. The maximum atomic E-state index is 13.2. The van der Waals surface area contributed by atoms with Crippen LogP contribution in [0.3, 0.4) is 0 Å². The van der Waals surface area contributed by atoms with Crippen LogP contribution in [0.5, 0.6) is 0 Å². The molecule has 1 unspecified atom stereocenters. The Morgan fingerprint density at radius 3 is 2.25 bits per heavy atom. The second-order valence-electron chi connectivity index (χ2n) is 7.63. The van der Waals surface area contributed by atoms with Crippen molar-refractivity contribution in [2.45, 2.75) is 49.3 Å². The molecule has 0 spiro atoms. The van der Waals surface area contributed by atoms with Gasteiger partial charge in [0.15, 0.2) is 5.16 Å². The highest BCUT2D eigenvalue weighted by molar-refractivity contribution is 7.99. The van der Waals surface area contributed by atoms with Gasteiger partial charge < -0.3 is 10.4 Å². The minimum Gasteiger partial charge on any atom is -0.394 e. The largest absolute Gasteiger partial charge is 0.394 e. The first-order valence-corrected chi connectivity index (χ1v) is 12.5. The summed E-state index contributed by atoms with van der Waals surface area (Å²) in [6.45, 7) is 3.68. The standard InChI is InChI=1S/C19H26F3N5O3S2/c1-12(2)9-14(11-28)23-16-24-17(27-32(3,29)30)26-18(25-16)31-15(10-19(20,21)22)13-7-5-4-6-8-13/h4-8,12,14-15,28H,9-11H2,1-3H3,(H2,23,24,25,26,27)/t14-,15?/m1/s1. The SMILES string of the molecule is CC(C)C[C@H](CO)Nc1nc(NS(C)(=O)=O)nc(SC(CC(F)(F)F)c2ccccc2)n1. The molecule has 178 valence electrons. The van der Waals surface area contributed by atoms with E-state index in [-0.39, 0.29) is 29.6 Å². The zero-order valence-corrected chi connectivity index (χ0v) is 19.4. The number of nitrogens with one attached hydrogen (secondary N) is 2. The topological polar surface area (TPSA) is 117 Å². The average Bonchev–Trinajstić information content (AvgIpc) is 2.64. The van der Waals surface area contributed by atoms with Gasteiger partial charge in [0.1, 0.15) is 0 Å². The number of aliphatic hydroxyl groups excluding tert-OH is 1. The number of rotatable bonds is 11. The summed E-state index contributed by atoms with van der Waals surface area (Å²) in [5.41, 5.74) is 0.426. The van der Waals surface area contributed by atoms with Gasteiger partial charge in [0.05, 0.1) is 25.3 Å². The Balaban J connectivity index is 2.41. The Bertz CT molecular complexity index is 976. The number of aromatic nitrogens is 3. The summed E-state index contributed by atoms with van der Waals surface area (Å²) in [6, 6.07) is 7.68. The third kappa shape index (κ3) is 9.57. The number of alkyl halides is 3. The first kappa shape index (κ1) is 26.1. The van der Waals surface area contributed by atoms with Gasteiger partial charge in [-0.1, -0.05) is 55.9 Å². The Labute approximate surface area is 189 Å². The highest BCUT2D eigenvalue weighted by Gasteiger charge is 2.34. The predicted molar refractivity (Wildman–Crippen MR) is 118 cm³/mol. The van der Waals surface area contributed by atoms with Crippen LogP contribution in [0.4, 0.5) is 25.1 Å². The monoisotopic (exact) mass is 493 g/mol. The van der Waals surface area contributed by atoms with Crippen molar-refractivity contribution in [3.63, 3.8) is 0 Å². The van der Waals surface area contributed by atoms with E-state index in [9.17, 15) is 26.7 Å². The Morgan fingerprint density at radius 1 is 1.09 bits per heavy atom. The normalized spacial score (nSPS) is 14.2. The Kier molecular flexibility index (Phi) is 9.10. The van der Waals surface area contributed by atoms with Crippen molar-refractivity contribution in [1.29, 1.82) is 0 Å². The molecule has 3 N–H and O–H groups in total. The van der Waals surface area contributed by atoms with Crippen molar-refractivity contribution in [2.24, 2.45) is 5.92 Å². The van der Waals surface area contributed by atoms with Crippen molar-refractivity contribution in [1.82, 2.24) is 15.0 Å². The number of hydrogen-bond donors (Lipinski definition) is 3. The third-order valence-corrected chi connectivity index (χ3v) is 5.71. The summed E-state index contributed by atoms with van der Waals surface area (Å²) < 4.78 is 65.1. The summed E-state index contributed by atoms with van der Waals surface area (Å²) in [5.74, 6) is -0.141. The maximum absolute atomic E-state index is 13.2. The van der Waals surface area contributed by atoms with Gasteiger partial charge in [-0.2, -0.15) is 28.1 Å². The van der Waals surface area contributed by atoms with Crippen LogP contribution in [0, 0.1) is 5.92 Å². The van der Waals surface area contributed by atoms with E-state index in [1.165, 1.54) is 0 Å². The lowest BCUT2D eigenvalue weighted by molar-refractivity contribution is -0.134. The average molecular weight is 494 g/mol. The molecule has 0 aliphatic heterocycles. The zero-order valence-electron chi connectivity index (χ0n) is 17.8. The van der Waals surface area contributed by atoms with Gasteiger partial charge in [-0.15, -0.1) is 0 Å². The van der Waals surface area contributed by atoms with E-state index in [2.05, 4.69) is 25.0 Å². The molecule has 0 radical (unpaired) electrons. The molecule has 0 saturated heterocycles. The van der Waals surface area contributed by atoms with Crippen LogP contribution < -0.4 is 10.0 Å². The number of nitrogens with zero attached hydrogens (tertiary/aromatic N) is 3. The number of thioether (sulfide) groups is 1. The molecule has 2 rings (SSSR count). The number of sulfonamides is 1. The summed E-state index contributed by atoms with van der Waals surface area (Å²) in [6.07, 6.45) is -4.09. The van der Waals surface area contributed by atoms with Crippen LogP contribution in [0.1, 0.15) is 37.5 Å². The lowest BCUT2D eigenvalue weighted by Gasteiger charge is -2.20. The van der Waals surface area contributed by atoms with Crippen molar-refractivity contribution in [3.05, 3.63) is 35.9 Å². The summed E-state index contributed by atoms with van der Waals surface area (Å²) >= 11 is 0.752. The lowest BCUT2D eigenvalue weighted by atomic mass is 10.0. The molecule has 8 nitrogen and oxygen atoms in total. The number of benzene rings is 1. The van der Waals surface area contributed by atoms with Crippen LogP contribution in [-0.4, -0.2) is 53.6 Å². The van der Waals surface area contributed by atoms with E-state index in [1.807, 2.05) is 13.8 Å². The third-order valence-electron chi connectivity index (χ3n) is 4.04. The second kappa shape index (κ2) is 11.1. The molecule has 0 aliphatic rings. The van der Waals surface area contributed by atoms with Gasteiger partial charge in [0.25, 0.3) is 0 Å². The second-order valence-corrected chi connectivity index (χ2v) is 10.5. The van der Waals surface area contributed by atoms with Gasteiger partial charge in [0.2, 0.25) is 21.9 Å². The number of halogens is 3. The molecule has 0 saturated carbocycles. The Morgan fingerprint density at radius 2 is 1.72 bits per heavy atom. The minimum absolute atomic E-state index is 0.0489. The molecular weight excluding hydrogens is 467 g/mol. The molecular formula is C19H26F3N5O3S2. The molecule has 1 heterocycles. The zero-order chi connectivity index (χ0) is 23.9. The van der Waals surface area contributed by atoms with Crippen LogP contribution in [0.25, 0.3) is 0 Å². The van der Waals surface area contributed by atoms with E-state index < -0.39 is 33.9 Å². The first-order valence-electron chi connectivity index (χ1n) is 9.74. The first-order chi connectivity index (χ1) is 14.8. The predicted octanol–water partition coefficient (Wildman–Crippen LogP) is 3.85. The molecule has 1 aromatic heterocycles. The van der Waals surface area contributed by atoms with Crippen LogP contribution >= 0.6 is 11.8 Å². The highest BCUT2D eigenvalue weighted by Crippen LogP contribution is 2.41. The van der Waals surface area contributed by atoms with Crippen LogP contribution in [0.2, 0.25) is 0 Å². The van der Waals surface area contributed by atoms with E-state index in [1.54, 1.807) is 30.3 Å². The molecule has 1 aromatic carbocycles. The molecule has 0 amide bonds.